The molecule has 0 radical (unpaired) electrons. The van der Waals surface area contributed by atoms with Crippen LogP contribution in [0.3, 0.4) is 0 Å². The van der Waals surface area contributed by atoms with Gasteiger partial charge in [0.25, 0.3) is 0 Å². The highest BCUT2D eigenvalue weighted by atomic mass is 15.3. The van der Waals surface area contributed by atoms with Crippen LogP contribution in [0.5, 0.6) is 0 Å². The van der Waals surface area contributed by atoms with Gasteiger partial charge in [-0.1, -0.05) is 0 Å². The zero-order valence-corrected chi connectivity index (χ0v) is 14.8. The standard InChI is InChI=1S/C18H28N6/c1-3-23-9-8-21-17(23)13-24(12-15-11-20-14-22(15)2)16-10-18(16)4-6-19-7-5-18/h8-9,11,14,16,19H,3-7,10,12-13H2,1-2H3/t16-/m1/s1. The van der Waals surface area contributed by atoms with Crippen molar-refractivity contribution in [2.45, 2.75) is 51.9 Å². The van der Waals surface area contributed by atoms with Crippen LogP contribution in [0.25, 0.3) is 0 Å². The van der Waals surface area contributed by atoms with Gasteiger partial charge in [-0.05, 0) is 44.7 Å². The van der Waals surface area contributed by atoms with Gasteiger partial charge in [-0.3, -0.25) is 4.90 Å². The zero-order valence-electron chi connectivity index (χ0n) is 14.8. The Kier molecular flexibility index (Phi) is 4.18. The highest BCUT2D eigenvalue weighted by Crippen LogP contribution is 2.56. The summed E-state index contributed by atoms with van der Waals surface area (Å²) in [4.78, 5) is 11.5. The third-order valence-electron chi connectivity index (χ3n) is 5.96. The molecular formula is C18H28N6. The lowest BCUT2D eigenvalue weighted by atomic mass is 9.93. The van der Waals surface area contributed by atoms with Crippen LogP contribution in [0.1, 0.15) is 37.7 Å². The van der Waals surface area contributed by atoms with Crippen molar-refractivity contribution in [2.75, 3.05) is 13.1 Å². The Labute approximate surface area is 143 Å². The van der Waals surface area contributed by atoms with E-state index < -0.39 is 0 Å². The molecule has 2 aromatic heterocycles. The second-order valence-corrected chi connectivity index (χ2v) is 7.36. The minimum absolute atomic E-state index is 0.535. The first kappa shape index (κ1) is 15.8. The van der Waals surface area contributed by atoms with E-state index in [0.717, 1.165) is 19.6 Å². The molecule has 1 saturated carbocycles. The van der Waals surface area contributed by atoms with Gasteiger partial charge in [0.1, 0.15) is 5.82 Å². The van der Waals surface area contributed by atoms with Crippen LogP contribution in [0.15, 0.2) is 24.9 Å². The molecule has 130 valence electrons. The molecular weight excluding hydrogens is 300 g/mol. The zero-order chi connectivity index (χ0) is 16.6. The summed E-state index contributed by atoms with van der Waals surface area (Å²) in [5.41, 5.74) is 1.81. The van der Waals surface area contributed by atoms with E-state index in [-0.39, 0.29) is 0 Å². The second kappa shape index (κ2) is 6.33. The predicted octanol–water partition coefficient (Wildman–Crippen LogP) is 1.78. The highest BCUT2D eigenvalue weighted by Gasteiger charge is 2.56. The Morgan fingerprint density at radius 2 is 2.17 bits per heavy atom. The van der Waals surface area contributed by atoms with Crippen molar-refractivity contribution in [1.82, 2.24) is 29.3 Å². The highest BCUT2D eigenvalue weighted by molar-refractivity contribution is 5.12. The maximum atomic E-state index is 4.61. The Morgan fingerprint density at radius 1 is 1.33 bits per heavy atom. The largest absolute Gasteiger partial charge is 0.337 e. The number of hydrogen-bond acceptors (Lipinski definition) is 4. The third-order valence-corrected chi connectivity index (χ3v) is 5.96. The number of aromatic nitrogens is 4. The molecule has 1 saturated heterocycles. The lowest BCUT2D eigenvalue weighted by molar-refractivity contribution is 0.179. The van der Waals surface area contributed by atoms with Crippen molar-refractivity contribution < 1.29 is 0 Å². The number of nitrogens with one attached hydrogen (secondary N) is 1. The predicted molar refractivity (Wildman–Crippen MR) is 93.3 cm³/mol. The van der Waals surface area contributed by atoms with Crippen LogP contribution in [0.2, 0.25) is 0 Å². The number of nitrogens with zero attached hydrogens (tertiary/aromatic N) is 5. The van der Waals surface area contributed by atoms with Crippen LogP contribution >= 0.6 is 0 Å². The summed E-state index contributed by atoms with van der Waals surface area (Å²) in [6, 6.07) is 0.677. The molecule has 0 unspecified atom stereocenters. The number of hydrogen-bond donors (Lipinski definition) is 1. The fourth-order valence-electron chi connectivity index (χ4n) is 4.29. The molecule has 6 heteroatoms. The normalized spacial score (nSPS) is 22.4. The molecule has 3 heterocycles. The third kappa shape index (κ3) is 2.89. The summed E-state index contributed by atoms with van der Waals surface area (Å²) in [6.07, 6.45) is 11.9. The summed E-state index contributed by atoms with van der Waals surface area (Å²) in [7, 11) is 2.08. The molecule has 1 atom stereocenters. The van der Waals surface area contributed by atoms with E-state index in [0.29, 0.717) is 11.5 Å². The lowest BCUT2D eigenvalue weighted by Gasteiger charge is -2.29. The fraction of sp³-hybridized carbons (Fsp3) is 0.667. The summed E-state index contributed by atoms with van der Waals surface area (Å²) >= 11 is 0. The Morgan fingerprint density at radius 3 is 2.88 bits per heavy atom. The van der Waals surface area contributed by atoms with Crippen LogP contribution < -0.4 is 5.32 Å². The molecule has 24 heavy (non-hydrogen) atoms. The van der Waals surface area contributed by atoms with E-state index in [1.165, 1.54) is 43.9 Å². The Hall–Kier alpha value is -1.66. The molecule has 4 rings (SSSR count). The molecule has 1 aliphatic heterocycles. The quantitative estimate of drug-likeness (QED) is 0.878. The minimum Gasteiger partial charge on any atom is -0.337 e. The first-order valence-corrected chi connectivity index (χ1v) is 9.12. The van der Waals surface area contributed by atoms with Crippen LogP contribution in [-0.4, -0.2) is 43.1 Å². The van der Waals surface area contributed by atoms with E-state index in [9.17, 15) is 0 Å². The molecule has 0 bridgehead atoms. The molecule has 1 aliphatic carbocycles. The smallest absolute Gasteiger partial charge is 0.122 e. The van der Waals surface area contributed by atoms with E-state index in [2.05, 4.69) is 49.5 Å². The number of rotatable bonds is 6. The monoisotopic (exact) mass is 328 g/mol. The van der Waals surface area contributed by atoms with Gasteiger partial charge >= 0.3 is 0 Å². The number of imidazole rings is 2. The molecule has 6 nitrogen and oxygen atoms in total. The average molecular weight is 328 g/mol. The number of aryl methyl sites for hydroxylation is 2. The van der Waals surface area contributed by atoms with Gasteiger partial charge in [-0.15, -0.1) is 0 Å². The number of piperidine rings is 1. The Balaban J connectivity index is 1.54. The summed E-state index contributed by atoms with van der Waals surface area (Å²) in [6.45, 7) is 7.37. The average Bonchev–Trinajstić information content (AvgIpc) is 2.94. The van der Waals surface area contributed by atoms with Gasteiger partial charge < -0.3 is 14.5 Å². The second-order valence-electron chi connectivity index (χ2n) is 7.36. The minimum atomic E-state index is 0.535. The maximum absolute atomic E-state index is 4.61. The maximum Gasteiger partial charge on any atom is 0.122 e. The van der Waals surface area contributed by atoms with E-state index in [4.69, 9.17) is 0 Å². The van der Waals surface area contributed by atoms with Crippen LogP contribution in [0, 0.1) is 5.41 Å². The summed E-state index contributed by atoms with van der Waals surface area (Å²) in [5, 5.41) is 3.51. The molecule has 2 fully saturated rings. The van der Waals surface area contributed by atoms with Crippen molar-refractivity contribution in [1.29, 1.82) is 0 Å². The molecule has 2 aliphatic rings. The molecule has 1 N–H and O–H groups in total. The van der Waals surface area contributed by atoms with Gasteiger partial charge in [0.05, 0.1) is 18.6 Å². The molecule has 0 aromatic carbocycles. The Bertz CT molecular complexity index is 681. The van der Waals surface area contributed by atoms with Gasteiger partial charge in [-0.2, -0.15) is 0 Å². The van der Waals surface area contributed by atoms with Gasteiger partial charge in [0.15, 0.2) is 0 Å². The van der Waals surface area contributed by atoms with Crippen molar-refractivity contribution in [3.8, 4) is 0 Å². The fourth-order valence-corrected chi connectivity index (χ4v) is 4.29. The van der Waals surface area contributed by atoms with Crippen molar-refractivity contribution in [2.24, 2.45) is 12.5 Å². The first-order chi connectivity index (χ1) is 11.7. The SMILES string of the molecule is CCn1ccnc1CN(Cc1cncn1C)[C@@H]1CC12CCNCC2. The van der Waals surface area contributed by atoms with Crippen LogP contribution in [-0.2, 0) is 26.7 Å². The lowest BCUT2D eigenvalue weighted by Crippen LogP contribution is -2.36. The van der Waals surface area contributed by atoms with E-state index >= 15 is 0 Å². The first-order valence-electron chi connectivity index (χ1n) is 9.12. The van der Waals surface area contributed by atoms with Crippen molar-refractivity contribution in [3.63, 3.8) is 0 Å². The van der Waals surface area contributed by atoms with E-state index in [1.807, 2.05) is 18.7 Å². The van der Waals surface area contributed by atoms with Crippen molar-refractivity contribution in [3.05, 3.63) is 36.4 Å². The van der Waals surface area contributed by atoms with Crippen molar-refractivity contribution >= 4 is 0 Å². The topological polar surface area (TPSA) is 50.9 Å². The van der Waals surface area contributed by atoms with Gasteiger partial charge in [0.2, 0.25) is 0 Å². The van der Waals surface area contributed by atoms with Gasteiger partial charge in [0, 0.05) is 44.8 Å². The van der Waals surface area contributed by atoms with E-state index in [1.54, 1.807) is 0 Å². The van der Waals surface area contributed by atoms with Gasteiger partial charge in [-0.25, -0.2) is 9.97 Å². The molecule has 2 aromatic rings. The molecule has 0 amide bonds. The molecule has 1 spiro atoms. The summed E-state index contributed by atoms with van der Waals surface area (Å²) < 4.78 is 4.39. The van der Waals surface area contributed by atoms with Crippen LogP contribution in [0.4, 0.5) is 0 Å². The summed E-state index contributed by atoms with van der Waals surface area (Å²) in [5.74, 6) is 1.18.